The Labute approximate surface area is 199 Å². The van der Waals surface area contributed by atoms with Gasteiger partial charge in [-0.25, -0.2) is 18.7 Å². The molecule has 1 atom stereocenters. The molecule has 3 aromatic rings. The van der Waals surface area contributed by atoms with Crippen molar-refractivity contribution in [2.45, 2.75) is 25.8 Å². The first-order valence-corrected chi connectivity index (χ1v) is 11.9. The van der Waals surface area contributed by atoms with Crippen molar-refractivity contribution in [1.82, 2.24) is 20.2 Å². The van der Waals surface area contributed by atoms with Gasteiger partial charge < -0.3 is 20.9 Å². The first kappa shape index (κ1) is 24.0. The Kier molecular flexibility index (Phi) is 8.03. The maximum atomic E-state index is 13.9. The summed E-state index contributed by atoms with van der Waals surface area (Å²) in [7, 11) is 0. The number of rotatable bonds is 11. The molecule has 0 radical (unpaired) electrons. The first-order chi connectivity index (χ1) is 16.5. The predicted octanol–water partition coefficient (Wildman–Crippen LogP) is 4.26. The molecule has 1 saturated heterocycles. The summed E-state index contributed by atoms with van der Waals surface area (Å²) in [5.41, 5.74) is 8.68. The lowest BCUT2D eigenvalue weighted by atomic mass is 10.0. The maximum Gasteiger partial charge on any atom is 0.142 e. The number of nitrogens with two attached hydrogens (primary N) is 1. The molecule has 1 aliphatic heterocycles. The molecule has 2 heterocycles. The zero-order chi connectivity index (χ0) is 23.9. The molecule has 34 heavy (non-hydrogen) atoms. The minimum Gasteiger partial charge on any atom is -0.383 e. The molecular formula is C26H32F2N6. The Hall–Kier alpha value is -3.10. The van der Waals surface area contributed by atoms with E-state index in [1.807, 2.05) is 6.07 Å². The van der Waals surface area contributed by atoms with Crippen LogP contribution in [0.5, 0.6) is 0 Å². The third-order valence-corrected chi connectivity index (χ3v) is 6.20. The van der Waals surface area contributed by atoms with E-state index in [1.165, 1.54) is 30.9 Å². The van der Waals surface area contributed by atoms with Crippen molar-refractivity contribution in [3.05, 3.63) is 72.1 Å². The molecule has 8 heteroatoms. The SMILES string of the molecule is CCCN(CCNC(CN1CCC1)c1cccc(F)c1)c1ncnc(N)c1-c1ccc(F)cc1. The van der Waals surface area contributed by atoms with Crippen LogP contribution in [0.25, 0.3) is 11.1 Å². The smallest absolute Gasteiger partial charge is 0.142 e. The second-order valence-corrected chi connectivity index (χ2v) is 8.67. The first-order valence-electron chi connectivity index (χ1n) is 11.9. The fourth-order valence-corrected chi connectivity index (χ4v) is 4.32. The summed E-state index contributed by atoms with van der Waals surface area (Å²) in [6.07, 6.45) is 3.60. The van der Waals surface area contributed by atoms with E-state index in [4.69, 9.17) is 5.73 Å². The summed E-state index contributed by atoms with van der Waals surface area (Å²) < 4.78 is 27.4. The zero-order valence-electron chi connectivity index (χ0n) is 19.6. The van der Waals surface area contributed by atoms with Crippen molar-refractivity contribution in [1.29, 1.82) is 0 Å². The number of anilines is 2. The summed E-state index contributed by atoms with van der Waals surface area (Å²) in [4.78, 5) is 13.3. The van der Waals surface area contributed by atoms with Gasteiger partial charge >= 0.3 is 0 Å². The zero-order valence-corrected chi connectivity index (χ0v) is 19.6. The largest absolute Gasteiger partial charge is 0.383 e. The maximum absolute atomic E-state index is 13.9. The minimum atomic E-state index is -0.305. The molecule has 0 spiro atoms. The van der Waals surface area contributed by atoms with Crippen LogP contribution in [0.1, 0.15) is 31.4 Å². The lowest BCUT2D eigenvalue weighted by Crippen LogP contribution is -2.44. The third kappa shape index (κ3) is 5.87. The van der Waals surface area contributed by atoms with Gasteiger partial charge in [-0.3, -0.25) is 0 Å². The fraction of sp³-hybridized carbons (Fsp3) is 0.385. The Morgan fingerprint density at radius 1 is 1.06 bits per heavy atom. The molecule has 6 nitrogen and oxygen atoms in total. The van der Waals surface area contributed by atoms with Crippen molar-refractivity contribution in [3.8, 4) is 11.1 Å². The van der Waals surface area contributed by atoms with Crippen molar-refractivity contribution in [2.75, 3.05) is 49.9 Å². The number of halogens is 2. The van der Waals surface area contributed by atoms with Gasteiger partial charge in [0.15, 0.2) is 0 Å². The average Bonchev–Trinajstić information content (AvgIpc) is 2.80. The van der Waals surface area contributed by atoms with Gasteiger partial charge in [0.25, 0.3) is 0 Å². The Morgan fingerprint density at radius 3 is 2.53 bits per heavy atom. The summed E-state index contributed by atoms with van der Waals surface area (Å²) in [6, 6.07) is 13.1. The normalized spacial score (nSPS) is 14.6. The van der Waals surface area contributed by atoms with Crippen LogP contribution < -0.4 is 16.0 Å². The Morgan fingerprint density at radius 2 is 1.85 bits per heavy atom. The number of benzene rings is 2. The van der Waals surface area contributed by atoms with Crippen LogP contribution in [0, 0.1) is 11.6 Å². The van der Waals surface area contributed by atoms with Crippen LogP contribution in [0.2, 0.25) is 0 Å². The number of nitrogens with one attached hydrogen (secondary N) is 1. The van der Waals surface area contributed by atoms with Crippen LogP contribution in [0.3, 0.4) is 0 Å². The average molecular weight is 467 g/mol. The van der Waals surface area contributed by atoms with Crippen molar-refractivity contribution < 1.29 is 8.78 Å². The number of likely N-dealkylation sites (tertiary alicyclic amines) is 1. The molecule has 1 fully saturated rings. The lowest BCUT2D eigenvalue weighted by Gasteiger charge is -2.35. The van der Waals surface area contributed by atoms with E-state index in [9.17, 15) is 8.78 Å². The number of hydrogen-bond acceptors (Lipinski definition) is 6. The van der Waals surface area contributed by atoms with Gasteiger partial charge in [0, 0.05) is 32.2 Å². The topological polar surface area (TPSA) is 70.3 Å². The second kappa shape index (κ2) is 11.4. The molecule has 180 valence electrons. The molecule has 0 aliphatic carbocycles. The highest BCUT2D eigenvalue weighted by Gasteiger charge is 2.22. The number of hydrogen-bond donors (Lipinski definition) is 2. The van der Waals surface area contributed by atoms with Gasteiger partial charge in [0.05, 0.1) is 5.56 Å². The Bertz CT molecular complexity index is 1070. The molecular weight excluding hydrogens is 434 g/mol. The van der Waals surface area contributed by atoms with E-state index in [-0.39, 0.29) is 17.7 Å². The van der Waals surface area contributed by atoms with Gasteiger partial charge in [-0.1, -0.05) is 31.2 Å². The molecule has 1 aromatic heterocycles. The van der Waals surface area contributed by atoms with Gasteiger partial charge in [0.2, 0.25) is 0 Å². The van der Waals surface area contributed by atoms with Gasteiger partial charge in [-0.05, 0) is 61.3 Å². The van der Waals surface area contributed by atoms with E-state index in [1.54, 1.807) is 24.3 Å². The molecule has 0 saturated carbocycles. The number of nitrogen functional groups attached to an aromatic ring is 1. The monoisotopic (exact) mass is 466 g/mol. The van der Waals surface area contributed by atoms with Crippen molar-refractivity contribution >= 4 is 11.6 Å². The van der Waals surface area contributed by atoms with E-state index in [2.05, 4.69) is 32.0 Å². The Balaban J connectivity index is 1.52. The van der Waals surface area contributed by atoms with E-state index in [0.717, 1.165) is 49.5 Å². The molecule has 3 N–H and O–H groups in total. The van der Waals surface area contributed by atoms with Gasteiger partial charge in [-0.15, -0.1) is 0 Å². The van der Waals surface area contributed by atoms with Crippen molar-refractivity contribution in [3.63, 3.8) is 0 Å². The molecule has 2 aromatic carbocycles. The number of aromatic nitrogens is 2. The van der Waals surface area contributed by atoms with E-state index in [0.29, 0.717) is 24.5 Å². The highest BCUT2D eigenvalue weighted by Crippen LogP contribution is 2.33. The van der Waals surface area contributed by atoms with E-state index < -0.39 is 0 Å². The van der Waals surface area contributed by atoms with Crippen LogP contribution in [-0.4, -0.2) is 54.1 Å². The van der Waals surface area contributed by atoms with Gasteiger partial charge in [0.1, 0.15) is 29.6 Å². The molecule has 0 amide bonds. The second-order valence-electron chi connectivity index (χ2n) is 8.67. The molecule has 4 rings (SSSR count). The summed E-state index contributed by atoms with van der Waals surface area (Å²) in [5.74, 6) is 0.566. The quantitative estimate of drug-likeness (QED) is 0.440. The standard InChI is InChI=1S/C26H32F2N6/c1-2-12-34(26-24(25(29)31-18-32-26)19-7-9-21(27)10-8-19)15-11-30-23(17-33-13-4-14-33)20-5-3-6-22(28)16-20/h3,5-10,16,18,23,30H,2,4,11-15,17H2,1H3,(H2,29,31,32). The fourth-order valence-electron chi connectivity index (χ4n) is 4.32. The third-order valence-electron chi connectivity index (χ3n) is 6.20. The summed E-state index contributed by atoms with van der Waals surface area (Å²) in [6.45, 7) is 7.27. The number of nitrogens with zero attached hydrogens (tertiary/aromatic N) is 4. The minimum absolute atomic E-state index is 0.0338. The molecule has 0 bridgehead atoms. The van der Waals surface area contributed by atoms with Gasteiger partial charge in [-0.2, -0.15) is 0 Å². The van der Waals surface area contributed by atoms with Crippen LogP contribution >= 0.6 is 0 Å². The summed E-state index contributed by atoms with van der Waals surface area (Å²) >= 11 is 0. The van der Waals surface area contributed by atoms with Crippen LogP contribution in [0.4, 0.5) is 20.4 Å². The highest BCUT2D eigenvalue weighted by atomic mass is 19.1. The van der Waals surface area contributed by atoms with E-state index >= 15 is 0 Å². The molecule has 1 aliphatic rings. The predicted molar refractivity (Wildman–Crippen MR) is 133 cm³/mol. The van der Waals surface area contributed by atoms with Crippen molar-refractivity contribution in [2.24, 2.45) is 0 Å². The lowest BCUT2D eigenvalue weighted by molar-refractivity contribution is 0.161. The molecule has 1 unspecified atom stereocenters. The van der Waals surface area contributed by atoms with Crippen LogP contribution in [0.15, 0.2) is 54.9 Å². The summed E-state index contributed by atoms with van der Waals surface area (Å²) in [5, 5.41) is 3.63. The van der Waals surface area contributed by atoms with Crippen LogP contribution in [-0.2, 0) is 0 Å². The highest BCUT2D eigenvalue weighted by molar-refractivity contribution is 5.83.